The van der Waals surface area contributed by atoms with Gasteiger partial charge in [-0.3, -0.25) is 14.7 Å². The lowest BCUT2D eigenvalue weighted by molar-refractivity contribution is -0.141. The zero-order valence-corrected chi connectivity index (χ0v) is 15.8. The van der Waals surface area contributed by atoms with E-state index in [1.165, 1.54) is 6.07 Å². The quantitative estimate of drug-likeness (QED) is 0.805. The molecule has 2 aromatic rings. The molecule has 0 radical (unpaired) electrons. The van der Waals surface area contributed by atoms with Crippen LogP contribution in [-0.2, 0) is 16.5 Å². The first-order chi connectivity index (χ1) is 13.0. The van der Waals surface area contributed by atoms with Gasteiger partial charge in [-0.25, -0.2) is 9.97 Å². The summed E-state index contributed by atoms with van der Waals surface area (Å²) >= 11 is 0. The van der Waals surface area contributed by atoms with E-state index in [9.17, 15) is 23.1 Å². The highest BCUT2D eigenvalue weighted by Gasteiger charge is 2.42. The molecule has 1 amide bonds. The first-order valence-corrected chi connectivity index (χ1v) is 9.49. The summed E-state index contributed by atoms with van der Waals surface area (Å²) in [5.74, 6) is -0.120. The van der Waals surface area contributed by atoms with E-state index >= 15 is 0 Å². The van der Waals surface area contributed by atoms with E-state index in [-0.39, 0.29) is 23.9 Å². The predicted octanol–water partition coefficient (Wildman–Crippen LogP) is 3.84. The van der Waals surface area contributed by atoms with E-state index in [1.54, 1.807) is 11.5 Å². The van der Waals surface area contributed by atoms with Crippen LogP contribution < -0.4 is 5.32 Å². The lowest BCUT2D eigenvalue weighted by atomic mass is 9.78. The van der Waals surface area contributed by atoms with Crippen molar-refractivity contribution in [2.75, 3.05) is 5.32 Å². The first kappa shape index (κ1) is 19.2. The van der Waals surface area contributed by atoms with Gasteiger partial charge < -0.3 is 5.11 Å². The van der Waals surface area contributed by atoms with E-state index in [2.05, 4.69) is 15.3 Å². The zero-order valence-electron chi connectivity index (χ0n) is 15.8. The van der Waals surface area contributed by atoms with Crippen molar-refractivity contribution >= 4 is 23.0 Å². The molecular weight excluding hydrogens is 373 g/mol. The molecule has 2 heterocycles. The second-order valence-corrected chi connectivity index (χ2v) is 8.51. The van der Waals surface area contributed by atoms with Crippen molar-refractivity contribution in [3.05, 3.63) is 17.8 Å². The predicted molar refractivity (Wildman–Crippen MR) is 96.6 cm³/mol. The van der Waals surface area contributed by atoms with Gasteiger partial charge in [-0.2, -0.15) is 13.2 Å². The Morgan fingerprint density at radius 3 is 2.54 bits per heavy atom. The summed E-state index contributed by atoms with van der Waals surface area (Å²) in [7, 11) is 0. The molecule has 0 aliphatic heterocycles. The van der Waals surface area contributed by atoms with Gasteiger partial charge in [0, 0.05) is 5.54 Å². The average Bonchev–Trinajstić information content (AvgIpc) is 3.34. The number of halogens is 3. The maximum absolute atomic E-state index is 13.1. The van der Waals surface area contributed by atoms with Crippen molar-refractivity contribution in [2.45, 2.75) is 69.7 Å². The Kier molecular flexibility index (Phi) is 4.22. The Morgan fingerprint density at radius 1 is 1.32 bits per heavy atom. The summed E-state index contributed by atoms with van der Waals surface area (Å²) < 4.78 is 41.0. The molecule has 2 aromatic heterocycles. The third kappa shape index (κ3) is 3.36. The fourth-order valence-electron chi connectivity index (χ4n) is 3.97. The van der Waals surface area contributed by atoms with Gasteiger partial charge in [-0.1, -0.05) is 0 Å². The lowest BCUT2D eigenvalue weighted by Crippen LogP contribution is -2.39. The molecular formula is C19H23F3N4O2. The number of pyridine rings is 1. The third-order valence-electron chi connectivity index (χ3n) is 5.99. The van der Waals surface area contributed by atoms with Crippen molar-refractivity contribution in [1.82, 2.24) is 14.5 Å². The minimum Gasteiger partial charge on any atom is -0.389 e. The number of hydrogen-bond donors (Lipinski definition) is 2. The number of fused-ring (bicyclic) bond motifs is 1. The van der Waals surface area contributed by atoms with Gasteiger partial charge >= 0.3 is 6.18 Å². The second kappa shape index (κ2) is 6.17. The van der Waals surface area contributed by atoms with Crippen molar-refractivity contribution < 1.29 is 23.1 Å². The van der Waals surface area contributed by atoms with Crippen molar-refractivity contribution in [2.24, 2.45) is 5.92 Å². The molecule has 4 rings (SSSR count). The Morgan fingerprint density at radius 2 is 2.00 bits per heavy atom. The molecule has 2 fully saturated rings. The van der Waals surface area contributed by atoms with Crippen LogP contribution in [0.2, 0.25) is 0 Å². The normalized spacial score (nSPS) is 21.2. The number of imidazole rings is 1. The summed E-state index contributed by atoms with van der Waals surface area (Å²) in [4.78, 5) is 20.7. The zero-order chi connectivity index (χ0) is 20.3. The number of hydrogen-bond acceptors (Lipinski definition) is 4. The van der Waals surface area contributed by atoms with Crippen LogP contribution >= 0.6 is 0 Å². The van der Waals surface area contributed by atoms with Crippen LogP contribution in [-0.4, -0.2) is 31.1 Å². The minimum atomic E-state index is -4.56. The SMILES string of the molecule is CC(O)(CC(=O)Nc1nc2ccc(C(F)(F)F)nc2n1C1(C)CCC1)C1CC1. The standard InChI is InChI=1S/C19H23F3N4O2/c1-17(8-3-9-17)26-15-12(6-7-13(24-15)19(20,21)22)23-16(26)25-14(27)10-18(2,28)11-4-5-11/h6-7,11,28H,3-5,8-10H2,1-2H3,(H,23,25,27). The van der Waals surface area contributed by atoms with Crippen LogP contribution in [0.5, 0.6) is 0 Å². The molecule has 152 valence electrons. The maximum Gasteiger partial charge on any atom is 0.433 e. The molecule has 0 saturated heterocycles. The Labute approximate surface area is 160 Å². The van der Waals surface area contributed by atoms with Crippen LogP contribution in [0.25, 0.3) is 11.2 Å². The molecule has 2 aliphatic rings. The van der Waals surface area contributed by atoms with E-state index in [4.69, 9.17) is 0 Å². The molecule has 9 heteroatoms. The number of nitrogens with one attached hydrogen (secondary N) is 1. The first-order valence-electron chi connectivity index (χ1n) is 9.49. The van der Waals surface area contributed by atoms with Crippen LogP contribution in [0.15, 0.2) is 12.1 Å². The summed E-state index contributed by atoms with van der Waals surface area (Å²) in [6.45, 7) is 3.56. The molecule has 2 saturated carbocycles. The van der Waals surface area contributed by atoms with Crippen molar-refractivity contribution in [3.63, 3.8) is 0 Å². The summed E-state index contributed by atoms with van der Waals surface area (Å²) in [5.41, 5.74) is -2.12. The molecule has 1 unspecified atom stereocenters. The topological polar surface area (TPSA) is 80.0 Å². The average molecular weight is 396 g/mol. The van der Waals surface area contributed by atoms with Crippen LogP contribution in [0.1, 0.15) is 58.1 Å². The van der Waals surface area contributed by atoms with Gasteiger partial charge in [0.15, 0.2) is 5.65 Å². The molecule has 28 heavy (non-hydrogen) atoms. The fourth-order valence-corrected chi connectivity index (χ4v) is 3.97. The summed E-state index contributed by atoms with van der Waals surface area (Å²) in [5, 5.41) is 13.1. The largest absolute Gasteiger partial charge is 0.433 e. The van der Waals surface area contributed by atoms with Crippen molar-refractivity contribution in [1.29, 1.82) is 0 Å². The number of carbonyl (C=O) groups is 1. The molecule has 0 aromatic carbocycles. The highest BCUT2D eigenvalue weighted by atomic mass is 19.4. The number of aliphatic hydroxyl groups is 1. The van der Waals surface area contributed by atoms with Crippen molar-refractivity contribution in [3.8, 4) is 0 Å². The van der Waals surface area contributed by atoms with Gasteiger partial charge in [-0.05, 0) is 64.0 Å². The van der Waals surface area contributed by atoms with E-state index < -0.39 is 28.9 Å². The van der Waals surface area contributed by atoms with Gasteiger partial charge in [0.2, 0.25) is 11.9 Å². The summed E-state index contributed by atoms with van der Waals surface area (Å²) in [6.07, 6.45) is -0.395. The molecule has 6 nitrogen and oxygen atoms in total. The van der Waals surface area contributed by atoms with Gasteiger partial charge in [0.05, 0.1) is 12.0 Å². The maximum atomic E-state index is 13.1. The Balaban J connectivity index is 1.71. The number of carbonyl (C=O) groups excluding carboxylic acids is 1. The molecule has 0 bridgehead atoms. The van der Waals surface area contributed by atoms with Crippen LogP contribution in [0.3, 0.4) is 0 Å². The van der Waals surface area contributed by atoms with E-state index in [0.717, 1.165) is 38.2 Å². The number of alkyl halides is 3. The van der Waals surface area contributed by atoms with Crippen LogP contribution in [0.4, 0.5) is 19.1 Å². The van der Waals surface area contributed by atoms with Crippen LogP contribution in [0, 0.1) is 5.92 Å². The summed E-state index contributed by atoms with van der Waals surface area (Å²) in [6, 6.07) is 2.17. The minimum absolute atomic E-state index is 0.0845. The smallest absolute Gasteiger partial charge is 0.389 e. The fraction of sp³-hybridized carbons (Fsp3) is 0.632. The Hall–Kier alpha value is -2.16. The number of anilines is 1. The van der Waals surface area contributed by atoms with E-state index in [0.29, 0.717) is 5.52 Å². The number of rotatable bonds is 5. The number of amides is 1. The number of nitrogens with zero attached hydrogens (tertiary/aromatic N) is 3. The Bertz CT molecular complexity index is 927. The molecule has 2 aliphatic carbocycles. The highest BCUT2D eigenvalue weighted by Crippen LogP contribution is 2.44. The lowest BCUT2D eigenvalue weighted by Gasteiger charge is -2.40. The van der Waals surface area contributed by atoms with Gasteiger partial charge in [0.25, 0.3) is 0 Å². The molecule has 2 N–H and O–H groups in total. The van der Waals surface area contributed by atoms with E-state index in [1.807, 2.05) is 6.92 Å². The second-order valence-electron chi connectivity index (χ2n) is 8.51. The third-order valence-corrected chi connectivity index (χ3v) is 5.99. The highest BCUT2D eigenvalue weighted by molar-refractivity contribution is 5.91. The molecule has 0 spiro atoms. The van der Waals surface area contributed by atoms with Gasteiger partial charge in [0.1, 0.15) is 11.2 Å². The molecule has 1 atom stereocenters. The monoisotopic (exact) mass is 396 g/mol. The number of aromatic nitrogens is 3. The van der Waals surface area contributed by atoms with Gasteiger partial charge in [-0.15, -0.1) is 0 Å².